The van der Waals surface area contributed by atoms with Crippen LogP contribution < -0.4 is 9.62 Å². The Kier molecular flexibility index (Phi) is 9.31. The average molecular weight is 494 g/mol. The van der Waals surface area contributed by atoms with E-state index < -0.39 is 28.5 Å². The standard InChI is InChI=1S/C24H32ClN3O4S/c1-6-22(24(30)26-17(2)3)27(15-19-11-8-7-10-18(19)4)23(29)16-28(33(5,31)32)21-13-9-12-20(25)14-21/h7-14,17,22H,6,15-16H2,1-5H3,(H,26,30)/t22-/m0/s1. The van der Waals surface area contributed by atoms with Gasteiger partial charge in [0, 0.05) is 17.6 Å². The molecule has 1 atom stereocenters. The molecule has 1 N–H and O–H groups in total. The van der Waals surface area contributed by atoms with Gasteiger partial charge in [-0.15, -0.1) is 0 Å². The predicted molar refractivity (Wildman–Crippen MR) is 133 cm³/mol. The van der Waals surface area contributed by atoms with Gasteiger partial charge in [0.05, 0.1) is 11.9 Å². The molecular formula is C24H32ClN3O4S. The van der Waals surface area contributed by atoms with E-state index in [1.807, 2.05) is 52.0 Å². The Bertz CT molecular complexity index is 1090. The molecule has 0 unspecified atom stereocenters. The second-order valence-electron chi connectivity index (χ2n) is 8.28. The first-order valence-electron chi connectivity index (χ1n) is 10.8. The summed E-state index contributed by atoms with van der Waals surface area (Å²) in [5.74, 6) is -0.752. The zero-order chi connectivity index (χ0) is 24.8. The van der Waals surface area contributed by atoms with E-state index in [-0.39, 0.29) is 24.2 Å². The number of carbonyl (C=O) groups excluding carboxylic acids is 2. The van der Waals surface area contributed by atoms with Gasteiger partial charge in [-0.3, -0.25) is 13.9 Å². The van der Waals surface area contributed by atoms with Gasteiger partial charge in [-0.25, -0.2) is 8.42 Å². The summed E-state index contributed by atoms with van der Waals surface area (Å²) in [6.45, 7) is 7.19. The lowest BCUT2D eigenvalue weighted by atomic mass is 10.1. The van der Waals surface area contributed by atoms with Gasteiger partial charge in [-0.2, -0.15) is 0 Å². The lowest BCUT2D eigenvalue weighted by molar-refractivity contribution is -0.140. The maximum absolute atomic E-state index is 13.6. The number of rotatable bonds is 10. The van der Waals surface area contributed by atoms with Crippen molar-refractivity contribution in [1.29, 1.82) is 0 Å². The summed E-state index contributed by atoms with van der Waals surface area (Å²) < 4.78 is 26.1. The first kappa shape index (κ1) is 26.7. The minimum Gasteiger partial charge on any atom is -0.352 e. The molecule has 0 heterocycles. The quantitative estimate of drug-likeness (QED) is 0.546. The van der Waals surface area contributed by atoms with Crippen LogP contribution in [0.2, 0.25) is 5.02 Å². The minimum atomic E-state index is -3.79. The molecule has 180 valence electrons. The van der Waals surface area contributed by atoms with E-state index in [1.54, 1.807) is 18.2 Å². The first-order chi connectivity index (χ1) is 15.4. The zero-order valence-corrected chi connectivity index (χ0v) is 21.3. The van der Waals surface area contributed by atoms with Gasteiger partial charge in [-0.05, 0) is 56.5 Å². The third-order valence-electron chi connectivity index (χ3n) is 5.19. The average Bonchev–Trinajstić information content (AvgIpc) is 2.71. The van der Waals surface area contributed by atoms with Crippen LogP contribution in [0.3, 0.4) is 0 Å². The monoisotopic (exact) mass is 493 g/mol. The summed E-state index contributed by atoms with van der Waals surface area (Å²) in [4.78, 5) is 28.0. The summed E-state index contributed by atoms with van der Waals surface area (Å²) in [5.41, 5.74) is 2.15. The second-order valence-corrected chi connectivity index (χ2v) is 10.6. The maximum Gasteiger partial charge on any atom is 0.244 e. The van der Waals surface area contributed by atoms with Gasteiger partial charge in [0.1, 0.15) is 12.6 Å². The van der Waals surface area contributed by atoms with E-state index in [2.05, 4.69) is 5.32 Å². The van der Waals surface area contributed by atoms with E-state index in [0.29, 0.717) is 11.4 Å². The van der Waals surface area contributed by atoms with Crippen molar-refractivity contribution in [2.24, 2.45) is 0 Å². The van der Waals surface area contributed by atoms with Crippen LogP contribution in [0.15, 0.2) is 48.5 Å². The van der Waals surface area contributed by atoms with E-state index >= 15 is 0 Å². The fourth-order valence-corrected chi connectivity index (χ4v) is 4.54. The predicted octanol–water partition coefficient (Wildman–Crippen LogP) is 3.75. The van der Waals surface area contributed by atoms with Gasteiger partial charge >= 0.3 is 0 Å². The molecule has 0 aliphatic carbocycles. The second kappa shape index (κ2) is 11.5. The van der Waals surface area contributed by atoms with Crippen LogP contribution in [0.4, 0.5) is 5.69 Å². The zero-order valence-electron chi connectivity index (χ0n) is 19.7. The highest BCUT2D eigenvalue weighted by atomic mass is 35.5. The van der Waals surface area contributed by atoms with Crippen LogP contribution in [0, 0.1) is 6.92 Å². The van der Waals surface area contributed by atoms with Crippen LogP contribution in [0.25, 0.3) is 0 Å². The Balaban J connectivity index is 2.46. The fraction of sp³-hybridized carbons (Fsp3) is 0.417. The van der Waals surface area contributed by atoms with Crippen molar-refractivity contribution in [3.05, 3.63) is 64.7 Å². The molecule has 0 spiro atoms. The number of carbonyl (C=O) groups is 2. The lowest BCUT2D eigenvalue weighted by Crippen LogP contribution is -2.53. The van der Waals surface area contributed by atoms with Crippen LogP contribution >= 0.6 is 11.6 Å². The van der Waals surface area contributed by atoms with Gasteiger partial charge in [0.25, 0.3) is 0 Å². The molecule has 2 amide bonds. The minimum absolute atomic E-state index is 0.0963. The summed E-state index contributed by atoms with van der Waals surface area (Å²) in [5, 5.41) is 3.22. The number of amides is 2. The van der Waals surface area contributed by atoms with Crippen LogP contribution in [0.1, 0.15) is 38.3 Å². The molecule has 0 aliphatic rings. The number of anilines is 1. The van der Waals surface area contributed by atoms with Crippen molar-refractivity contribution in [2.75, 3.05) is 17.1 Å². The van der Waals surface area contributed by atoms with Crippen LogP contribution in [-0.4, -0.2) is 50.0 Å². The van der Waals surface area contributed by atoms with E-state index in [1.165, 1.54) is 11.0 Å². The van der Waals surface area contributed by atoms with Crippen molar-refractivity contribution >= 4 is 39.1 Å². The molecule has 2 aromatic carbocycles. The molecule has 0 radical (unpaired) electrons. The molecule has 7 nitrogen and oxygen atoms in total. The summed E-state index contributed by atoms with van der Waals surface area (Å²) >= 11 is 6.06. The van der Waals surface area contributed by atoms with Crippen molar-refractivity contribution in [2.45, 2.75) is 52.7 Å². The smallest absolute Gasteiger partial charge is 0.244 e. The summed E-state index contributed by atoms with van der Waals surface area (Å²) in [6, 6.07) is 13.1. The Hall–Kier alpha value is -2.58. The Morgan fingerprint density at radius 1 is 1.09 bits per heavy atom. The largest absolute Gasteiger partial charge is 0.352 e. The van der Waals surface area contributed by atoms with E-state index in [4.69, 9.17) is 11.6 Å². The Labute approximate surface area is 201 Å². The molecule has 0 aliphatic heterocycles. The van der Waals surface area contributed by atoms with E-state index in [9.17, 15) is 18.0 Å². The van der Waals surface area contributed by atoms with Crippen molar-refractivity contribution in [1.82, 2.24) is 10.2 Å². The normalized spacial score (nSPS) is 12.3. The van der Waals surface area contributed by atoms with Gasteiger partial charge in [0.15, 0.2) is 0 Å². The highest BCUT2D eigenvalue weighted by molar-refractivity contribution is 7.92. The van der Waals surface area contributed by atoms with Crippen LogP contribution in [0.5, 0.6) is 0 Å². The SMILES string of the molecule is CC[C@@H](C(=O)NC(C)C)N(Cc1ccccc1C)C(=O)CN(c1cccc(Cl)c1)S(C)(=O)=O. The first-order valence-corrected chi connectivity index (χ1v) is 13.0. The van der Waals surface area contributed by atoms with Crippen molar-refractivity contribution in [3.8, 4) is 0 Å². The number of nitrogens with zero attached hydrogens (tertiary/aromatic N) is 2. The van der Waals surface area contributed by atoms with E-state index in [0.717, 1.165) is 21.7 Å². The van der Waals surface area contributed by atoms with Crippen molar-refractivity contribution in [3.63, 3.8) is 0 Å². The van der Waals surface area contributed by atoms with Crippen LogP contribution in [-0.2, 0) is 26.2 Å². The number of hydrogen-bond acceptors (Lipinski definition) is 4. The van der Waals surface area contributed by atoms with Gasteiger partial charge in [0.2, 0.25) is 21.8 Å². The summed E-state index contributed by atoms with van der Waals surface area (Å²) in [6.07, 6.45) is 1.42. The number of benzene rings is 2. The highest BCUT2D eigenvalue weighted by Crippen LogP contribution is 2.23. The number of nitrogens with one attached hydrogen (secondary N) is 1. The molecule has 0 saturated carbocycles. The topological polar surface area (TPSA) is 86.8 Å². The molecule has 0 aromatic heterocycles. The highest BCUT2D eigenvalue weighted by Gasteiger charge is 2.32. The molecule has 2 rings (SSSR count). The number of hydrogen-bond donors (Lipinski definition) is 1. The molecule has 33 heavy (non-hydrogen) atoms. The number of sulfonamides is 1. The molecule has 0 saturated heterocycles. The molecule has 0 bridgehead atoms. The Morgan fingerprint density at radius 2 is 1.76 bits per heavy atom. The maximum atomic E-state index is 13.6. The third-order valence-corrected chi connectivity index (χ3v) is 6.57. The Morgan fingerprint density at radius 3 is 2.30 bits per heavy atom. The number of halogens is 1. The summed E-state index contributed by atoms with van der Waals surface area (Å²) in [7, 11) is -3.79. The molecule has 0 fully saturated rings. The lowest BCUT2D eigenvalue weighted by Gasteiger charge is -2.33. The fourth-order valence-electron chi connectivity index (χ4n) is 3.52. The van der Waals surface area contributed by atoms with Crippen molar-refractivity contribution < 1.29 is 18.0 Å². The number of aryl methyl sites for hydroxylation is 1. The van der Waals surface area contributed by atoms with Gasteiger partial charge in [-0.1, -0.05) is 48.9 Å². The van der Waals surface area contributed by atoms with Gasteiger partial charge < -0.3 is 10.2 Å². The third kappa shape index (κ3) is 7.47. The molecule has 2 aromatic rings. The molecular weight excluding hydrogens is 462 g/mol. The molecule has 9 heteroatoms.